The zero-order valence-corrected chi connectivity index (χ0v) is 21.9. The highest BCUT2D eigenvalue weighted by Gasteiger charge is 2.50. The summed E-state index contributed by atoms with van der Waals surface area (Å²) < 4.78 is 6.07. The van der Waals surface area contributed by atoms with Crippen molar-refractivity contribution in [2.75, 3.05) is 0 Å². The second-order valence-electron chi connectivity index (χ2n) is 10.4. The third kappa shape index (κ3) is 13.6. The van der Waals surface area contributed by atoms with Crippen LogP contribution in [0.1, 0.15) is 120 Å². The Hall–Kier alpha value is -1.34. The monoisotopic (exact) mass is 426 g/mol. The molecule has 2 atom stereocenters. The third-order valence-corrected chi connectivity index (χ3v) is 6.30. The lowest BCUT2D eigenvalue weighted by atomic mass is 9.97. The van der Waals surface area contributed by atoms with Gasteiger partial charge in [0.15, 0.2) is 0 Å². The summed E-state index contributed by atoms with van der Waals surface area (Å²) in [7, 11) is 0. The summed E-state index contributed by atoms with van der Waals surface area (Å²) in [5.74, 6) is 0. The molecule has 0 radical (unpaired) electrons. The molecule has 0 unspecified atom stereocenters. The van der Waals surface area contributed by atoms with Gasteiger partial charge in [0.05, 0.1) is 11.7 Å². The van der Waals surface area contributed by atoms with Crippen molar-refractivity contribution in [3.05, 3.63) is 58.2 Å². The van der Waals surface area contributed by atoms with Crippen LogP contribution in [-0.2, 0) is 4.74 Å². The molecule has 0 amide bonds. The van der Waals surface area contributed by atoms with E-state index >= 15 is 0 Å². The van der Waals surface area contributed by atoms with Crippen molar-refractivity contribution in [3.8, 4) is 0 Å². The Morgan fingerprint density at radius 3 is 1.52 bits per heavy atom. The van der Waals surface area contributed by atoms with E-state index in [2.05, 4.69) is 85.8 Å². The van der Waals surface area contributed by atoms with Crippen LogP contribution in [0, 0.1) is 0 Å². The van der Waals surface area contributed by atoms with Gasteiger partial charge in [-0.3, -0.25) is 0 Å². The molecule has 1 fully saturated rings. The molecule has 1 heterocycles. The SMILES string of the molecule is CC(C)=CCC/C(C)=C/CC/C(C)=C/CC[C@@H]1O[C@@]1(C)CC/C=C(\C)CCC=C(C)C. The van der Waals surface area contributed by atoms with E-state index in [1.807, 2.05) is 0 Å². The van der Waals surface area contributed by atoms with Gasteiger partial charge in [-0.15, -0.1) is 0 Å². The zero-order chi connectivity index (χ0) is 23.3. The van der Waals surface area contributed by atoms with Crippen molar-refractivity contribution in [1.82, 2.24) is 0 Å². The summed E-state index contributed by atoms with van der Waals surface area (Å²) in [6.45, 7) is 17.8. The van der Waals surface area contributed by atoms with E-state index in [4.69, 9.17) is 4.74 Å². The van der Waals surface area contributed by atoms with Gasteiger partial charge in [0.25, 0.3) is 0 Å². The average molecular weight is 427 g/mol. The van der Waals surface area contributed by atoms with Crippen LogP contribution in [0.5, 0.6) is 0 Å². The summed E-state index contributed by atoms with van der Waals surface area (Å²) in [5.41, 5.74) is 7.51. The topological polar surface area (TPSA) is 12.5 Å². The molecule has 0 aromatic rings. The van der Waals surface area contributed by atoms with Crippen molar-refractivity contribution in [2.24, 2.45) is 0 Å². The van der Waals surface area contributed by atoms with E-state index in [0.29, 0.717) is 6.10 Å². The molecule has 0 spiro atoms. The predicted molar refractivity (Wildman–Crippen MR) is 140 cm³/mol. The highest BCUT2D eigenvalue weighted by Crippen LogP contribution is 2.43. The number of hydrogen-bond acceptors (Lipinski definition) is 1. The van der Waals surface area contributed by atoms with Crippen molar-refractivity contribution in [3.63, 3.8) is 0 Å². The molecule has 0 saturated carbocycles. The number of rotatable bonds is 15. The Morgan fingerprint density at radius 1 is 0.613 bits per heavy atom. The Kier molecular flexibility index (Phi) is 13.1. The highest BCUT2D eigenvalue weighted by atomic mass is 16.6. The van der Waals surface area contributed by atoms with E-state index in [-0.39, 0.29) is 5.60 Å². The van der Waals surface area contributed by atoms with Gasteiger partial charge in [-0.05, 0) is 120 Å². The van der Waals surface area contributed by atoms with Crippen molar-refractivity contribution in [2.45, 2.75) is 131 Å². The second-order valence-corrected chi connectivity index (χ2v) is 10.4. The molecule has 1 aliphatic rings. The summed E-state index contributed by atoms with van der Waals surface area (Å²) in [6.07, 6.45) is 24.0. The molecule has 31 heavy (non-hydrogen) atoms. The van der Waals surface area contributed by atoms with Crippen molar-refractivity contribution < 1.29 is 4.74 Å². The lowest BCUT2D eigenvalue weighted by molar-refractivity contribution is 0.295. The van der Waals surface area contributed by atoms with Crippen LogP contribution in [0.3, 0.4) is 0 Å². The minimum Gasteiger partial charge on any atom is -0.366 e. The highest BCUT2D eigenvalue weighted by molar-refractivity contribution is 5.08. The van der Waals surface area contributed by atoms with Crippen LogP contribution in [0.25, 0.3) is 0 Å². The molecular weight excluding hydrogens is 376 g/mol. The fourth-order valence-corrected chi connectivity index (χ4v) is 3.99. The molecule has 1 saturated heterocycles. The van der Waals surface area contributed by atoms with Gasteiger partial charge in [-0.25, -0.2) is 0 Å². The summed E-state index contributed by atoms with van der Waals surface area (Å²) in [5, 5.41) is 0. The molecule has 0 bridgehead atoms. The predicted octanol–water partition coefficient (Wildman–Crippen LogP) is 9.82. The first-order valence-corrected chi connectivity index (χ1v) is 12.5. The van der Waals surface area contributed by atoms with E-state index in [1.54, 1.807) is 0 Å². The van der Waals surface area contributed by atoms with Gasteiger partial charge in [0.1, 0.15) is 0 Å². The van der Waals surface area contributed by atoms with Crippen molar-refractivity contribution >= 4 is 0 Å². The van der Waals surface area contributed by atoms with Crippen LogP contribution < -0.4 is 0 Å². The van der Waals surface area contributed by atoms with Crippen LogP contribution in [0.2, 0.25) is 0 Å². The Bertz CT molecular complexity index is 677. The van der Waals surface area contributed by atoms with Gasteiger partial charge in [0.2, 0.25) is 0 Å². The summed E-state index contributed by atoms with van der Waals surface area (Å²) in [6, 6.07) is 0. The summed E-state index contributed by atoms with van der Waals surface area (Å²) in [4.78, 5) is 0. The molecule has 1 rings (SSSR count). The summed E-state index contributed by atoms with van der Waals surface area (Å²) >= 11 is 0. The molecule has 1 nitrogen and oxygen atoms in total. The minimum atomic E-state index is 0.115. The lowest BCUT2D eigenvalue weighted by Crippen LogP contribution is -2.09. The molecule has 1 aliphatic heterocycles. The Labute approximate surface area is 194 Å². The smallest absolute Gasteiger partial charge is 0.0923 e. The fraction of sp³-hybridized carbons (Fsp3) is 0.667. The van der Waals surface area contributed by atoms with E-state index < -0.39 is 0 Å². The standard InChI is InChI=1S/C30H50O/c1-24(2)14-9-16-26(5)18-11-19-27(6)20-12-22-29-30(8,31-29)23-13-21-28(7)17-10-15-25(3)4/h14-15,18,20-21,29H,9-13,16-17,19,22-23H2,1-8H3/b26-18+,27-20+,28-21+/t29-,30-/m0/s1. The fourth-order valence-electron chi connectivity index (χ4n) is 3.99. The number of allylic oxidation sites excluding steroid dienone is 10. The molecule has 0 N–H and O–H groups in total. The van der Waals surface area contributed by atoms with Crippen molar-refractivity contribution in [1.29, 1.82) is 0 Å². The minimum absolute atomic E-state index is 0.115. The average Bonchev–Trinajstić information content (AvgIpc) is 3.30. The largest absolute Gasteiger partial charge is 0.366 e. The first-order chi connectivity index (χ1) is 14.6. The number of hydrogen-bond donors (Lipinski definition) is 0. The van der Waals surface area contributed by atoms with E-state index in [1.165, 1.54) is 60.0 Å². The van der Waals surface area contributed by atoms with Gasteiger partial charge >= 0.3 is 0 Å². The van der Waals surface area contributed by atoms with E-state index in [9.17, 15) is 0 Å². The van der Waals surface area contributed by atoms with Crippen LogP contribution in [0.4, 0.5) is 0 Å². The van der Waals surface area contributed by atoms with Gasteiger partial charge in [0, 0.05) is 0 Å². The molecular formula is C30H50O. The number of ether oxygens (including phenoxy) is 1. The Balaban J connectivity index is 2.21. The van der Waals surface area contributed by atoms with Gasteiger partial charge in [-0.2, -0.15) is 0 Å². The van der Waals surface area contributed by atoms with Gasteiger partial charge in [-0.1, -0.05) is 58.2 Å². The zero-order valence-electron chi connectivity index (χ0n) is 21.9. The molecule has 0 aliphatic carbocycles. The first kappa shape index (κ1) is 27.7. The van der Waals surface area contributed by atoms with Gasteiger partial charge < -0.3 is 4.74 Å². The maximum Gasteiger partial charge on any atom is 0.0923 e. The second kappa shape index (κ2) is 14.7. The lowest BCUT2D eigenvalue weighted by Gasteiger charge is -2.05. The first-order valence-electron chi connectivity index (χ1n) is 12.5. The van der Waals surface area contributed by atoms with Crippen LogP contribution >= 0.6 is 0 Å². The maximum absolute atomic E-state index is 6.07. The van der Waals surface area contributed by atoms with Crippen LogP contribution in [0.15, 0.2) is 58.2 Å². The quantitative estimate of drug-likeness (QED) is 0.187. The third-order valence-electron chi connectivity index (χ3n) is 6.30. The molecule has 1 heteroatoms. The van der Waals surface area contributed by atoms with Crippen LogP contribution in [-0.4, -0.2) is 11.7 Å². The normalized spacial score (nSPS) is 21.8. The van der Waals surface area contributed by atoms with E-state index in [0.717, 1.165) is 32.1 Å². The molecule has 0 aromatic heterocycles. The molecule has 176 valence electrons. The molecule has 0 aromatic carbocycles. The number of epoxide rings is 1. The Morgan fingerprint density at radius 2 is 1.03 bits per heavy atom. The maximum atomic E-state index is 6.07.